The van der Waals surface area contributed by atoms with Crippen LogP contribution in [0.1, 0.15) is 23.5 Å². The van der Waals surface area contributed by atoms with Gasteiger partial charge in [-0.15, -0.1) is 0 Å². The lowest BCUT2D eigenvalue weighted by Gasteiger charge is -2.29. The summed E-state index contributed by atoms with van der Waals surface area (Å²) >= 11 is 0. The van der Waals surface area contributed by atoms with Gasteiger partial charge in [-0.3, -0.25) is 4.79 Å². The van der Waals surface area contributed by atoms with Crippen molar-refractivity contribution in [1.29, 1.82) is 5.26 Å². The first-order valence-corrected chi connectivity index (χ1v) is 8.56. The molecule has 0 bridgehead atoms. The van der Waals surface area contributed by atoms with Gasteiger partial charge < -0.3 is 9.80 Å². The molecular weight excluding hydrogens is 312 g/mol. The van der Waals surface area contributed by atoms with E-state index < -0.39 is 0 Å². The topological polar surface area (TPSA) is 60.2 Å². The molecule has 0 saturated carbocycles. The minimum atomic E-state index is -0.383. The van der Waals surface area contributed by atoms with E-state index in [0.717, 1.165) is 25.3 Å². The average Bonchev–Trinajstić information content (AvgIpc) is 3.21. The van der Waals surface area contributed by atoms with Crippen LogP contribution in [0.4, 0.5) is 5.82 Å². The van der Waals surface area contributed by atoms with Gasteiger partial charge in [0, 0.05) is 38.8 Å². The summed E-state index contributed by atoms with van der Waals surface area (Å²) < 4.78 is 0. The Morgan fingerprint density at radius 1 is 1.24 bits per heavy atom. The van der Waals surface area contributed by atoms with E-state index in [1.54, 1.807) is 12.3 Å². The number of anilines is 1. The second-order valence-corrected chi connectivity index (χ2v) is 6.99. The normalized spacial score (nSPS) is 25.6. The highest BCUT2D eigenvalue weighted by Gasteiger charge is 2.56. The van der Waals surface area contributed by atoms with Gasteiger partial charge in [-0.1, -0.05) is 30.3 Å². The Bertz CT molecular complexity index is 827. The zero-order valence-electron chi connectivity index (χ0n) is 14.2. The van der Waals surface area contributed by atoms with Gasteiger partial charge in [-0.25, -0.2) is 4.98 Å². The Hall–Kier alpha value is -2.87. The van der Waals surface area contributed by atoms with Crippen LogP contribution in [0.5, 0.6) is 0 Å². The van der Waals surface area contributed by atoms with E-state index in [4.69, 9.17) is 5.26 Å². The summed E-state index contributed by atoms with van der Waals surface area (Å²) in [7, 11) is 1.90. The monoisotopic (exact) mass is 332 g/mol. The van der Waals surface area contributed by atoms with Crippen molar-refractivity contribution in [3.63, 3.8) is 0 Å². The van der Waals surface area contributed by atoms with Gasteiger partial charge in [-0.05, 0) is 24.1 Å². The molecule has 2 aromatic rings. The van der Waals surface area contributed by atoms with E-state index in [1.165, 1.54) is 5.56 Å². The number of nitriles is 1. The molecule has 126 valence electrons. The molecule has 4 rings (SSSR count). The molecule has 1 amide bonds. The van der Waals surface area contributed by atoms with Gasteiger partial charge in [0.25, 0.3) is 0 Å². The Morgan fingerprint density at radius 3 is 2.72 bits per heavy atom. The minimum absolute atomic E-state index is 0.203. The van der Waals surface area contributed by atoms with Gasteiger partial charge in [0.15, 0.2) is 0 Å². The molecule has 2 aliphatic heterocycles. The number of nitrogens with zero attached hydrogens (tertiary/aromatic N) is 4. The molecule has 2 fully saturated rings. The van der Waals surface area contributed by atoms with Crippen molar-refractivity contribution in [3.8, 4) is 6.07 Å². The molecule has 1 aromatic heterocycles. The molecule has 5 nitrogen and oxygen atoms in total. The minimum Gasteiger partial charge on any atom is -0.355 e. The standard InChI is InChI=1S/C20H20N4O/c1-23-13-17(16-5-3-2-4-6-16)20(19(23)25)9-10-24(14-20)18-8-7-15(11-21)12-22-18/h2-8,12,17H,9-10,13-14H2,1H3. The number of pyridine rings is 1. The number of hydrogen-bond donors (Lipinski definition) is 0. The first-order valence-electron chi connectivity index (χ1n) is 8.56. The number of likely N-dealkylation sites (N-methyl/N-ethyl adjacent to an activating group) is 1. The molecule has 2 unspecified atom stereocenters. The summed E-state index contributed by atoms with van der Waals surface area (Å²) in [5, 5.41) is 8.93. The van der Waals surface area contributed by atoms with Gasteiger partial charge in [0.1, 0.15) is 11.9 Å². The smallest absolute Gasteiger partial charge is 0.231 e. The third-order valence-electron chi connectivity index (χ3n) is 5.60. The second kappa shape index (κ2) is 5.89. The van der Waals surface area contributed by atoms with Gasteiger partial charge in [0.2, 0.25) is 5.91 Å². The lowest BCUT2D eigenvalue weighted by atomic mass is 9.73. The molecule has 3 heterocycles. The SMILES string of the molecule is CN1CC(c2ccccc2)C2(CCN(c3ccc(C#N)cn3)C2)C1=O. The number of amides is 1. The molecule has 2 aliphatic rings. The van der Waals surface area contributed by atoms with Crippen molar-refractivity contribution in [2.24, 2.45) is 5.41 Å². The molecule has 2 saturated heterocycles. The van der Waals surface area contributed by atoms with Gasteiger partial charge in [-0.2, -0.15) is 5.26 Å². The molecule has 0 aliphatic carbocycles. The molecule has 2 atom stereocenters. The van der Waals surface area contributed by atoms with Crippen LogP contribution in [0, 0.1) is 16.7 Å². The lowest BCUT2D eigenvalue weighted by molar-refractivity contribution is -0.134. The molecule has 0 N–H and O–H groups in total. The molecular formula is C20H20N4O. The van der Waals surface area contributed by atoms with Crippen LogP contribution >= 0.6 is 0 Å². The van der Waals surface area contributed by atoms with Crippen LogP contribution in [0.2, 0.25) is 0 Å². The number of benzene rings is 1. The Kier molecular flexibility index (Phi) is 3.69. The third kappa shape index (κ3) is 2.45. The Morgan fingerprint density at radius 2 is 2.04 bits per heavy atom. The van der Waals surface area contributed by atoms with Crippen LogP contribution in [-0.2, 0) is 4.79 Å². The van der Waals surface area contributed by atoms with Crippen LogP contribution in [-0.4, -0.2) is 42.5 Å². The fourth-order valence-electron chi connectivity index (χ4n) is 4.30. The number of aromatic nitrogens is 1. The predicted molar refractivity (Wildman–Crippen MR) is 95.0 cm³/mol. The van der Waals surface area contributed by atoms with E-state index in [2.05, 4.69) is 28.1 Å². The number of rotatable bonds is 2. The largest absolute Gasteiger partial charge is 0.355 e. The van der Waals surface area contributed by atoms with Crippen molar-refractivity contribution in [3.05, 3.63) is 59.8 Å². The average molecular weight is 332 g/mol. The quantitative estimate of drug-likeness (QED) is 0.847. The Balaban J connectivity index is 1.65. The summed E-state index contributed by atoms with van der Waals surface area (Å²) in [6, 6.07) is 16.1. The number of hydrogen-bond acceptors (Lipinski definition) is 4. The Labute approximate surface area is 147 Å². The fraction of sp³-hybridized carbons (Fsp3) is 0.350. The summed E-state index contributed by atoms with van der Waals surface area (Å²) in [6.07, 6.45) is 2.43. The first kappa shape index (κ1) is 15.6. The maximum absolute atomic E-state index is 13.0. The molecule has 1 spiro atoms. The molecule has 0 radical (unpaired) electrons. The second-order valence-electron chi connectivity index (χ2n) is 6.99. The van der Waals surface area contributed by atoms with E-state index >= 15 is 0 Å². The zero-order chi connectivity index (χ0) is 17.4. The highest BCUT2D eigenvalue weighted by molar-refractivity contribution is 5.88. The molecule has 25 heavy (non-hydrogen) atoms. The van der Waals surface area contributed by atoms with Gasteiger partial charge in [0.05, 0.1) is 11.0 Å². The summed E-state index contributed by atoms with van der Waals surface area (Å²) in [4.78, 5) is 21.5. The van der Waals surface area contributed by atoms with Gasteiger partial charge >= 0.3 is 0 Å². The number of carbonyl (C=O) groups is 1. The van der Waals surface area contributed by atoms with Crippen molar-refractivity contribution < 1.29 is 4.79 Å². The van der Waals surface area contributed by atoms with Crippen molar-refractivity contribution in [2.45, 2.75) is 12.3 Å². The predicted octanol–water partition coefficient (Wildman–Crippen LogP) is 2.41. The fourth-order valence-corrected chi connectivity index (χ4v) is 4.30. The van der Waals surface area contributed by atoms with Crippen LogP contribution in [0.25, 0.3) is 0 Å². The maximum atomic E-state index is 13.0. The summed E-state index contributed by atoms with van der Waals surface area (Å²) in [5.74, 6) is 1.28. The van der Waals surface area contributed by atoms with Crippen LogP contribution < -0.4 is 4.90 Å². The van der Waals surface area contributed by atoms with E-state index in [1.807, 2.05) is 36.2 Å². The van der Waals surface area contributed by atoms with Crippen molar-refractivity contribution >= 4 is 11.7 Å². The van der Waals surface area contributed by atoms with E-state index in [-0.39, 0.29) is 17.2 Å². The van der Waals surface area contributed by atoms with E-state index in [9.17, 15) is 4.79 Å². The maximum Gasteiger partial charge on any atom is 0.231 e. The van der Waals surface area contributed by atoms with E-state index in [0.29, 0.717) is 12.1 Å². The summed E-state index contributed by atoms with van der Waals surface area (Å²) in [6.45, 7) is 2.24. The van der Waals surface area contributed by atoms with Crippen LogP contribution in [0.3, 0.4) is 0 Å². The third-order valence-corrected chi connectivity index (χ3v) is 5.60. The van der Waals surface area contributed by atoms with Crippen molar-refractivity contribution in [2.75, 3.05) is 31.6 Å². The van der Waals surface area contributed by atoms with Crippen molar-refractivity contribution in [1.82, 2.24) is 9.88 Å². The number of carbonyl (C=O) groups excluding carboxylic acids is 1. The molecule has 1 aromatic carbocycles. The number of likely N-dealkylation sites (tertiary alicyclic amines) is 1. The first-order chi connectivity index (χ1) is 12.1. The zero-order valence-corrected chi connectivity index (χ0v) is 14.2. The molecule has 5 heteroatoms. The van der Waals surface area contributed by atoms with Crippen LogP contribution in [0.15, 0.2) is 48.7 Å². The lowest BCUT2D eigenvalue weighted by Crippen LogP contribution is -2.38. The highest BCUT2D eigenvalue weighted by Crippen LogP contribution is 2.50. The highest BCUT2D eigenvalue weighted by atomic mass is 16.2. The summed E-state index contributed by atoms with van der Waals surface area (Å²) in [5.41, 5.74) is 1.40.